The van der Waals surface area contributed by atoms with Crippen molar-refractivity contribution in [3.8, 4) is 0 Å². The van der Waals surface area contributed by atoms with E-state index in [-0.39, 0.29) is 46.9 Å². The summed E-state index contributed by atoms with van der Waals surface area (Å²) in [5.41, 5.74) is 1.17. The minimum absolute atomic E-state index is 0.00675. The molecule has 4 unspecified atom stereocenters. The van der Waals surface area contributed by atoms with Gasteiger partial charge in [-0.05, 0) is 54.4 Å². The summed E-state index contributed by atoms with van der Waals surface area (Å²) < 4.78 is 25.9. The molecule has 0 aromatic heterocycles. The Morgan fingerprint density at radius 1 is 0.800 bits per heavy atom. The summed E-state index contributed by atoms with van der Waals surface area (Å²) in [5.74, 6) is -2.24. The lowest BCUT2D eigenvalue weighted by Gasteiger charge is -2.29. The van der Waals surface area contributed by atoms with Gasteiger partial charge in [0.05, 0.1) is 24.1 Å². The SMILES string of the molecule is CC(C)CNC(=O)C(NC(=O)C(C)CC(O)C(CC(C)C)NC(=O)c1cc(C(=O)N(C)Cc2ccccc2)cc(N(C)S(C)(=O)=O)c1)C(C)C. The van der Waals surface area contributed by atoms with Crippen molar-refractivity contribution in [2.75, 3.05) is 31.2 Å². The van der Waals surface area contributed by atoms with Gasteiger partial charge in [-0.3, -0.25) is 23.5 Å². The number of nitrogens with one attached hydrogen (secondary N) is 3. The molecule has 0 aliphatic heterocycles. The third-order valence-electron chi connectivity index (χ3n) is 8.38. The van der Waals surface area contributed by atoms with Crippen LogP contribution in [0.15, 0.2) is 48.5 Å². The highest BCUT2D eigenvalue weighted by Crippen LogP contribution is 2.23. The lowest BCUT2D eigenvalue weighted by atomic mass is 9.91. The third-order valence-corrected chi connectivity index (χ3v) is 9.58. The van der Waals surface area contributed by atoms with Crippen molar-refractivity contribution in [1.29, 1.82) is 0 Å². The Morgan fingerprint density at radius 2 is 1.40 bits per heavy atom. The second kappa shape index (κ2) is 18.9. The average molecular weight is 716 g/mol. The van der Waals surface area contributed by atoms with Crippen LogP contribution in [-0.4, -0.2) is 87.1 Å². The lowest BCUT2D eigenvalue weighted by Crippen LogP contribution is -2.52. The molecule has 4 N–H and O–H groups in total. The Bertz CT molecular complexity index is 1560. The van der Waals surface area contributed by atoms with Gasteiger partial charge in [0.2, 0.25) is 21.8 Å². The van der Waals surface area contributed by atoms with Crippen LogP contribution in [0.5, 0.6) is 0 Å². The van der Waals surface area contributed by atoms with Crippen molar-refractivity contribution in [2.24, 2.45) is 23.7 Å². The van der Waals surface area contributed by atoms with E-state index in [0.29, 0.717) is 19.5 Å². The van der Waals surface area contributed by atoms with Crippen molar-refractivity contribution >= 4 is 39.3 Å². The number of benzene rings is 2. The van der Waals surface area contributed by atoms with Gasteiger partial charge in [0.25, 0.3) is 11.8 Å². The van der Waals surface area contributed by atoms with Gasteiger partial charge in [-0.15, -0.1) is 0 Å². The standard InChI is InChI=1S/C37H57N5O7S/c1-23(2)16-31(32(43)17-26(7)34(44)40-33(25(5)6)36(46)38-21-24(3)4)39-35(45)28-18-29(20-30(19-28)42(9)50(10,48)49)37(47)41(8)22-27-14-12-11-13-15-27/h11-15,18-20,23-26,31-33,43H,16-17,21-22H2,1-10H3,(H,38,46)(H,39,45)(H,40,44). The summed E-state index contributed by atoms with van der Waals surface area (Å²) in [7, 11) is -0.779. The molecule has 0 heterocycles. The van der Waals surface area contributed by atoms with Crippen LogP contribution in [0.2, 0.25) is 0 Å². The maximum atomic E-state index is 13.8. The molecule has 0 spiro atoms. The fourth-order valence-corrected chi connectivity index (χ4v) is 5.83. The van der Waals surface area contributed by atoms with E-state index in [1.807, 2.05) is 71.9 Å². The van der Waals surface area contributed by atoms with E-state index >= 15 is 0 Å². The molecule has 0 aliphatic rings. The first-order valence-electron chi connectivity index (χ1n) is 17.2. The van der Waals surface area contributed by atoms with E-state index < -0.39 is 51.9 Å². The number of nitrogens with zero attached hydrogens (tertiary/aromatic N) is 2. The van der Waals surface area contributed by atoms with Gasteiger partial charge in [-0.2, -0.15) is 0 Å². The smallest absolute Gasteiger partial charge is 0.253 e. The molecule has 0 fully saturated rings. The van der Waals surface area contributed by atoms with Gasteiger partial charge in [0, 0.05) is 44.2 Å². The van der Waals surface area contributed by atoms with E-state index in [0.717, 1.165) is 16.1 Å². The molecular weight excluding hydrogens is 659 g/mol. The van der Waals surface area contributed by atoms with Crippen molar-refractivity contribution in [3.05, 3.63) is 65.2 Å². The van der Waals surface area contributed by atoms with Gasteiger partial charge in [0.1, 0.15) is 6.04 Å². The fourth-order valence-electron chi connectivity index (χ4n) is 5.34. The predicted molar refractivity (Wildman–Crippen MR) is 197 cm³/mol. The van der Waals surface area contributed by atoms with E-state index in [1.54, 1.807) is 14.0 Å². The monoisotopic (exact) mass is 715 g/mol. The van der Waals surface area contributed by atoms with Gasteiger partial charge in [0.15, 0.2) is 0 Å². The maximum Gasteiger partial charge on any atom is 0.253 e. The molecule has 12 nitrogen and oxygen atoms in total. The van der Waals surface area contributed by atoms with Crippen LogP contribution in [0.1, 0.15) is 87.6 Å². The number of carbonyl (C=O) groups excluding carboxylic acids is 4. The van der Waals surface area contributed by atoms with Crippen molar-refractivity contribution < 1.29 is 32.7 Å². The highest BCUT2D eigenvalue weighted by atomic mass is 32.2. The Morgan fingerprint density at radius 3 is 1.94 bits per heavy atom. The number of amides is 4. The number of sulfonamides is 1. The predicted octanol–water partition coefficient (Wildman–Crippen LogP) is 3.80. The minimum atomic E-state index is -3.74. The summed E-state index contributed by atoms with van der Waals surface area (Å²) in [5, 5.41) is 19.9. The number of carbonyl (C=O) groups is 4. The normalized spacial score (nSPS) is 14.1. The van der Waals surface area contributed by atoms with Crippen LogP contribution in [0.3, 0.4) is 0 Å². The highest BCUT2D eigenvalue weighted by Gasteiger charge is 2.31. The molecule has 0 bridgehead atoms. The highest BCUT2D eigenvalue weighted by molar-refractivity contribution is 7.92. The topological polar surface area (TPSA) is 165 Å². The Balaban J connectivity index is 2.32. The first-order chi connectivity index (χ1) is 23.2. The molecular formula is C37H57N5O7S. The molecule has 13 heteroatoms. The number of hydrogen-bond acceptors (Lipinski definition) is 7. The first-order valence-corrected chi connectivity index (χ1v) is 19.0. The number of anilines is 1. The summed E-state index contributed by atoms with van der Waals surface area (Å²) >= 11 is 0. The van der Waals surface area contributed by atoms with Gasteiger partial charge in [-0.1, -0.05) is 78.8 Å². The Hall–Kier alpha value is -3.97. The largest absolute Gasteiger partial charge is 0.391 e. The van der Waals surface area contributed by atoms with Gasteiger partial charge >= 0.3 is 0 Å². The molecule has 0 aliphatic carbocycles. The zero-order valence-electron chi connectivity index (χ0n) is 31.2. The third kappa shape index (κ3) is 13.1. The lowest BCUT2D eigenvalue weighted by molar-refractivity contribution is -0.132. The summed E-state index contributed by atoms with van der Waals surface area (Å²) in [6, 6.07) is 12.1. The summed E-state index contributed by atoms with van der Waals surface area (Å²) in [4.78, 5) is 54.8. The molecule has 0 saturated heterocycles. The van der Waals surface area contributed by atoms with Crippen molar-refractivity contribution in [2.45, 2.75) is 86.0 Å². The van der Waals surface area contributed by atoms with Crippen LogP contribution in [0.25, 0.3) is 0 Å². The molecule has 50 heavy (non-hydrogen) atoms. The van der Waals surface area contributed by atoms with Crippen molar-refractivity contribution in [3.63, 3.8) is 0 Å². The van der Waals surface area contributed by atoms with E-state index in [1.165, 1.54) is 30.1 Å². The van der Waals surface area contributed by atoms with Crippen LogP contribution < -0.4 is 20.3 Å². The van der Waals surface area contributed by atoms with Gasteiger partial charge < -0.3 is 26.0 Å². The molecule has 2 rings (SSSR count). The number of hydrogen-bond donors (Lipinski definition) is 4. The molecule has 0 radical (unpaired) electrons. The summed E-state index contributed by atoms with van der Waals surface area (Å²) in [6.07, 6.45) is 0.278. The Kier molecular flexibility index (Phi) is 15.9. The van der Waals surface area contributed by atoms with Gasteiger partial charge in [-0.25, -0.2) is 8.42 Å². The molecule has 4 atom stereocenters. The second-order valence-electron chi connectivity index (χ2n) is 14.4. The zero-order valence-corrected chi connectivity index (χ0v) is 32.0. The molecule has 278 valence electrons. The van der Waals surface area contributed by atoms with Crippen LogP contribution in [0, 0.1) is 23.7 Å². The number of aliphatic hydroxyl groups excluding tert-OH is 1. The van der Waals surface area contributed by atoms with Crippen LogP contribution >= 0.6 is 0 Å². The summed E-state index contributed by atoms with van der Waals surface area (Å²) in [6.45, 7) is 14.0. The van der Waals surface area contributed by atoms with Crippen LogP contribution in [-0.2, 0) is 26.2 Å². The number of aliphatic hydroxyl groups is 1. The number of rotatable bonds is 18. The van der Waals surface area contributed by atoms with E-state index in [9.17, 15) is 32.7 Å². The van der Waals surface area contributed by atoms with Crippen molar-refractivity contribution in [1.82, 2.24) is 20.9 Å². The fraction of sp³-hybridized carbons (Fsp3) is 0.568. The second-order valence-corrected chi connectivity index (χ2v) is 16.4. The maximum absolute atomic E-state index is 13.8. The molecule has 0 saturated carbocycles. The molecule has 4 amide bonds. The average Bonchev–Trinajstić information content (AvgIpc) is 3.04. The molecule has 2 aromatic carbocycles. The Labute approximate surface area is 298 Å². The van der Waals surface area contributed by atoms with E-state index in [4.69, 9.17) is 0 Å². The minimum Gasteiger partial charge on any atom is -0.391 e. The molecule has 2 aromatic rings. The first kappa shape index (κ1) is 42.2. The quantitative estimate of drug-likeness (QED) is 0.182. The zero-order chi connectivity index (χ0) is 37.9. The van der Waals surface area contributed by atoms with Crippen LogP contribution in [0.4, 0.5) is 5.69 Å². The van der Waals surface area contributed by atoms with E-state index in [2.05, 4.69) is 16.0 Å².